The summed E-state index contributed by atoms with van der Waals surface area (Å²) in [5, 5.41) is 2.93. The van der Waals surface area contributed by atoms with E-state index in [1.165, 1.54) is 0 Å². The van der Waals surface area contributed by atoms with Crippen molar-refractivity contribution in [2.24, 2.45) is 0 Å². The zero-order chi connectivity index (χ0) is 16.5. The first-order valence-electron chi connectivity index (χ1n) is 7.86. The van der Waals surface area contributed by atoms with Crippen molar-refractivity contribution in [3.63, 3.8) is 0 Å². The van der Waals surface area contributed by atoms with Crippen molar-refractivity contribution < 1.29 is 9.53 Å². The normalized spacial score (nSPS) is 14.0. The van der Waals surface area contributed by atoms with Crippen LogP contribution in [0.1, 0.15) is 21.7 Å². The maximum Gasteiger partial charge on any atom is 0.253 e. The van der Waals surface area contributed by atoms with Gasteiger partial charge in [0.05, 0.1) is 23.7 Å². The molecule has 1 N–H and O–H groups in total. The van der Waals surface area contributed by atoms with Crippen LogP contribution in [-0.2, 0) is 6.54 Å². The number of ether oxygens (including phenoxy) is 1. The molecular formula is C19H17N3O2. The number of rotatable bonds is 3. The Morgan fingerprint density at radius 2 is 2.00 bits per heavy atom. The predicted octanol–water partition coefficient (Wildman–Crippen LogP) is 2.96. The van der Waals surface area contributed by atoms with Gasteiger partial charge in [0.25, 0.3) is 5.91 Å². The number of aromatic nitrogens is 2. The van der Waals surface area contributed by atoms with Crippen LogP contribution in [0.25, 0.3) is 23.2 Å². The van der Waals surface area contributed by atoms with Gasteiger partial charge in [0.2, 0.25) is 0 Å². The average molecular weight is 319 g/mol. The summed E-state index contributed by atoms with van der Waals surface area (Å²) in [6, 6.07) is 13.5. The molecule has 5 heteroatoms. The summed E-state index contributed by atoms with van der Waals surface area (Å²) in [7, 11) is 1.65. The molecule has 5 nitrogen and oxygen atoms in total. The van der Waals surface area contributed by atoms with Crippen LogP contribution in [0.15, 0.2) is 42.5 Å². The van der Waals surface area contributed by atoms with Gasteiger partial charge in [-0.05, 0) is 35.9 Å². The minimum atomic E-state index is -0.0371. The van der Waals surface area contributed by atoms with Gasteiger partial charge in [0.15, 0.2) is 0 Å². The number of para-hydroxylation sites is 1. The average Bonchev–Trinajstić information content (AvgIpc) is 2.88. The lowest BCUT2D eigenvalue weighted by Gasteiger charge is -2.04. The van der Waals surface area contributed by atoms with Crippen molar-refractivity contribution in [1.82, 2.24) is 14.9 Å². The molecule has 1 aliphatic heterocycles. The summed E-state index contributed by atoms with van der Waals surface area (Å²) in [6.07, 6.45) is 4.01. The van der Waals surface area contributed by atoms with Gasteiger partial charge in [-0.3, -0.25) is 4.79 Å². The molecule has 1 aliphatic rings. The Hall–Kier alpha value is -3.08. The van der Waals surface area contributed by atoms with Gasteiger partial charge >= 0.3 is 0 Å². The van der Waals surface area contributed by atoms with E-state index in [1.807, 2.05) is 54.6 Å². The summed E-state index contributed by atoms with van der Waals surface area (Å²) in [5.74, 6) is 1.65. The van der Waals surface area contributed by atoms with Gasteiger partial charge in [-0.2, -0.15) is 0 Å². The van der Waals surface area contributed by atoms with E-state index in [0.29, 0.717) is 18.7 Å². The Labute approximate surface area is 139 Å². The molecule has 0 radical (unpaired) electrons. The van der Waals surface area contributed by atoms with Crippen molar-refractivity contribution in [3.8, 4) is 5.75 Å². The SMILES string of the molecule is COc1ccc(/C=C/c2nc3cccc4c3n2CCNC4=O)cc1. The topological polar surface area (TPSA) is 56.1 Å². The minimum absolute atomic E-state index is 0.0371. The molecule has 0 spiro atoms. The monoisotopic (exact) mass is 319 g/mol. The Bertz CT molecular complexity index is 939. The summed E-state index contributed by atoms with van der Waals surface area (Å²) < 4.78 is 7.27. The number of nitrogens with one attached hydrogen (secondary N) is 1. The molecule has 0 aliphatic carbocycles. The molecule has 4 rings (SSSR count). The number of benzene rings is 2. The highest BCUT2D eigenvalue weighted by Crippen LogP contribution is 2.23. The highest BCUT2D eigenvalue weighted by atomic mass is 16.5. The number of hydrogen-bond acceptors (Lipinski definition) is 3. The van der Waals surface area contributed by atoms with Crippen LogP contribution in [0, 0.1) is 0 Å². The lowest BCUT2D eigenvalue weighted by Crippen LogP contribution is -2.24. The van der Waals surface area contributed by atoms with E-state index in [-0.39, 0.29) is 5.91 Å². The van der Waals surface area contributed by atoms with Crippen LogP contribution >= 0.6 is 0 Å². The quantitative estimate of drug-likeness (QED) is 0.807. The van der Waals surface area contributed by atoms with Crippen LogP contribution < -0.4 is 10.1 Å². The largest absolute Gasteiger partial charge is 0.497 e. The first kappa shape index (κ1) is 14.5. The summed E-state index contributed by atoms with van der Waals surface area (Å²) in [6.45, 7) is 1.31. The van der Waals surface area contributed by atoms with Gasteiger partial charge in [0, 0.05) is 13.1 Å². The molecule has 24 heavy (non-hydrogen) atoms. The molecule has 3 aromatic rings. The predicted molar refractivity (Wildman–Crippen MR) is 94.0 cm³/mol. The lowest BCUT2D eigenvalue weighted by molar-refractivity contribution is 0.0956. The van der Waals surface area contributed by atoms with Gasteiger partial charge in [-0.1, -0.05) is 24.3 Å². The highest BCUT2D eigenvalue weighted by molar-refractivity contribution is 6.05. The first-order valence-corrected chi connectivity index (χ1v) is 7.86. The van der Waals surface area contributed by atoms with Crippen LogP contribution in [-0.4, -0.2) is 29.1 Å². The Kier molecular flexibility index (Phi) is 3.54. The van der Waals surface area contributed by atoms with E-state index in [0.717, 1.165) is 28.2 Å². The van der Waals surface area contributed by atoms with Gasteiger partial charge in [0.1, 0.15) is 11.6 Å². The van der Waals surface area contributed by atoms with Crippen LogP contribution in [0.5, 0.6) is 5.75 Å². The van der Waals surface area contributed by atoms with E-state index in [4.69, 9.17) is 4.74 Å². The zero-order valence-corrected chi connectivity index (χ0v) is 13.3. The number of carbonyl (C=O) groups is 1. The molecule has 2 aromatic carbocycles. The fourth-order valence-electron chi connectivity index (χ4n) is 3.00. The molecule has 2 heterocycles. The summed E-state index contributed by atoms with van der Waals surface area (Å²) in [5.41, 5.74) is 3.50. The number of nitrogens with zero attached hydrogens (tertiary/aromatic N) is 2. The van der Waals surface area contributed by atoms with Crippen molar-refractivity contribution in [3.05, 3.63) is 59.4 Å². The Balaban J connectivity index is 1.76. The summed E-state index contributed by atoms with van der Waals surface area (Å²) >= 11 is 0. The second-order valence-corrected chi connectivity index (χ2v) is 5.66. The molecular weight excluding hydrogens is 302 g/mol. The third kappa shape index (κ3) is 2.44. The van der Waals surface area contributed by atoms with Crippen molar-refractivity contribution >= 4 is 29.1 Å². The molecule has 0 unspecified atom stereocenters. The van der Waals surface area contributed by atoms with Gasteiger partial charge in [-0.15, -0.1) is 0 Å². The number of hydrogen-bond donors (Lipinski definition) is 1. The van der Waals surface area contributed by atoms with Gasteiger partial charge in [-0.25, -0.2) is 4.98 Å². The van der Waals surface area contributed by atoms with Gasteiger partial charge < -0.3 is 14.6 Å². The van der Waals surface area contributed by atoms with Crippen LogP contribution in [0.2, 0.25) is 0 Å². The fourth-order valence-corrected chi connectivity index (χ4v) is 3.00. The second-order valence-electron chi connectivity index (χ2n) is 5.66. The molecule has 0 saturated carbocycles. The zero-order valence-electron chi connectivity index (χ0n) is 13.3. The standard InChI is InChI=1S/C19H17N3O2/c1-24-14-8-5-13(6-9-14)7-10-17-21-16-4-2-3-15-18(16)22(17)12-11-20-19(15)23/h2-10H,11-12H2,1H3,(H,20,23)/b10-7+. The van der Waals surface area contributed by atoms with Crippen LogP contribution in [0.3, 0.4) is 0 Å². The molecule has 1 aromatic heterocycles. The Morgan fingerprint density at radius 3 is 2.79 bits per heavy atom. The highest BCUT2D eigenvalue weighted by Gasteiger charge is 2.19. The summed E-state index contributed by atoms with van der Waals surface area (Å²) in [4.78, 5) is 16.8. The number of carbonyl (C=O) groups excluding carboxylic acids is 1. The number of methoxy groups -OCH3 is 1. The minimum Gasteiger partial charge on any atom is -0.497 e. The molecule has 0 bridgehead atoms. The van der Waals surface area contributed by atoms with Crippen molar-refractivity contribution in [1.29, 1.82) is 0 Å². The van der Waals surface area contributed by atoms with Crippen molar-refractivity contribution in [2.45, 2.75) is 6.54 Å². The lowest BCUT2D eigenvalue weighted by atomic mass is 10.2. The number of imidazole rings is 1. The smallest absolute Gasteiger partial charge is 0.253 e. The second kappa shape index (κ2) is 5.85. The van der Waals surface area contributed by atoms with Crippen molar-refractivity contribution in [2.75, 3.05) is 13.7 Å². The number of amides is 1. The van der Waals surface area contributed by atoms with Crippen LogP contribution in [0.4, 0.5) is 0 Å². The molecule has 120 valence electrons. The third-order valence-electron chi connectivity index (χ3n) is 4.20. The third-order valence-corrected chi connectivity index (χ3v) is 4.20. The van der Waals surface area contributed by atoms with E-state index in [9.17, 15) is 4.79 Å². The molecule has 0 atom stereocenters. The first-order chi connectivity index (χ1) is 11.8. The molecule has 0 saturated heterocycles. The Morgan fingerprint density at radius 1 is 1.17 bits per heavy atom. The maximum absolute atomic E-state index is 12.2. The fraction of sp³-hybridized carbons (Fsp3) is 0.158. The molecule has 1 amide bonds. The maximum atomic E-state index is 12.2. The van der Waals surface area contributed by atoms with E-state index < -0.39 is 0 Å². The van der Waals surface area contributed by atoms with E-state index >= 15 is 0 Å². The molecule has 0 fully saturated rings. The van der Waals surface area contributed by atoms with E-state index in [1.54, 1.807) is 7.11 Å². The van der Waals surface area contributed by atoms with E-state index in [2.05, 4.69) is 14.9 Å².